The van der Waals surface area contributed by atoms with Crippen LogP contribution >= 0.6 is 0 Å². The minimum atomic E-state index is -3.63. The molecule has 0 saturated heterocycles. The molecule has 0 aromatic carbocycles. The number of halogens is 1. The molecular weight excluding hydrogens is 437 g/mol. The van der Waals surface area contributed by atoms with Crippen LogP contribution in [0.5, 0.6) is 5.75 Å². The highest BCUT2D eigenvalue weighted by molar-refractivity contribution is 7.90. The van der Waals surface area contributed by atoms with Gasteiger partial charge in [-0.25, -0.2) is 22.8 Å². The highest BCUT2D eigenvalue weighted by Gasteiger charge is 2.15. The number of hydrogen-bond donors (Lipinski definition) is 2. The van der Waals surface area contributed by atoms with E-state index in [0.717, 1.165) is 12.5 Å². The zero-order chi connectivity index (χ0) is 23.5. The van der Waals surface area contributed by atoms with Crippen LogP contribution < -0.4 is 15.4 Å². The highest BCUT2D eigenvalue weighted by atomic mass is 32.2. The third-order valence-electron chi connectivity index (χ3n) is 4.01. The van der Waals surface area contributed by atoms with Crippen LogP contribution in [0, 0.1) is 5.82 Å². The fraction of sp³-hybridized carbons (Fsp3) is 0.238. The Hall–Kier alpha value is -3.60. The molecule has 0 saturated carbocycles. The molecular formula is C21H22FN5O4S. The van der Waals surface area contributed by atoms with Crippen LogP contribution in [-0.4, -0.2) is 41.6 Å². The molecule has 3 rings (SSSR count). The second-order valence-corrected chi connectivity index (χ2v) is 9.22. The number of hydrogen-bond acceptors (Lipinski definition) is 8. The third-order valence-corrected chi connectivity index (χ3v) is 4.98. The zero-order valence-electron chi connectivity index (χ0n) is 17.9. The van der Waals surface area contributed by atoms with Crippen LogP contribution in [0.1, 0.15) is 20.8 Å². The molecule has 0 radical (unpaired) electrons. The van der Waals surface area contributed by atoms with Gasteiger partial charge in [0.15, 0.2) is 20.7 Å². The Morgan fingerprint density at radius 3 is 2.44 bits per heavy atom. The van der Waals surface area contributed by atoms with Crippen molar-refractivity contribution < 1.29 is 22.3 Å². The summed E-state index contributed by atoms with van der Waals surface area (Å²) in [6.07, 6.45) is 3.36. The molecule has 0 unspecified atom stereocenters. The van der Waals surface area contributed by atoms with E-state index in [-0.39, 0.29) is 34.3 Å². The van der Waals surface area contributed by atoms with Gasteiger partial charge in [-0.05, 0) is 32.0 Å². The Balaban J connectivity index is 1.95. The lowest BCUT2D eigenvalue weighted by Gasteiger charge is -2.14. The van der Waals surface area contributed by atoms with Gasteiger partial charge in [-0.15, -0.1) is 0 Å². The van der Waals surface area contributed by atoms with Crippen LogP contribution in [-0.2, 0) is 14.6 Å². The van der Waals surface area contributed by atoms with Crippen LogP contribution in [0.2, 0.25) is 0 Å². The average Bonchev–Trinajstić information content (AvgIpc) is 2.68. The van der Waals surface area contributed by atoms with E-state index < -0.39 is 15.7 Å². The minimum absolute atomic E-state index is 0.0367. The molecule has 0 spiro atoms. The molecule has 32 heavy (non-hydrogen) atoms. The standard InChI is InChI=1S/C21H22FN5O4S/c1-12(2)31-15-7-20(27-21(8-15)32(4,29)30)26-18-9-17(23-11-16(18)22)14-5-6-19(24-10-14)25-13(3)28/h5-12H,1-4H3,(H,23,26,27)(H,24,25,28). The van der Waals surface area contributed by atoms with Crippen molar-refractivity contribution >= 4 is 33.1 Å². The van der Waals surface area contributed by atoms with Crippen molar-refractivity contribution in [2.24, 2.45) is 0 Å². The molecule has 3 aromatic rings. The van der Waals surface area contributed by atoms with Gasteiger partial charge in [0.2, 0.25) is 5.91 Å². The van der Waals surface area contributed by atoms with Gasteiger partial charge in [0.05, 0.1) is 23.7 Å². The van der Waals surface area contributed by atoms with Crippen molar-refractivity contribution in [3.05, 3.63) is 48.5 Å². The fourth-order valence-electron chi connectivity index (χ4n) is 2.71. The molecule has 168 valence electrons. The number of carbonyl (C=O) groups excluding carboxylic acids is 1. The molecule has 0 atom stereocenters. The summed E-state index contributed by atoms with van der Waals surface area (Å²) >= 11 is 0. The summed E-state index contributed by atoms with van der Waals surface area (Å²) < 4.78 is 44.1. The first-order valence-electron chi connectivity index (χ1n) is 9.56. The van der Waals surface area contributed by atoms with Gasteiger partial charge in [-0.2, -0.15) is 0 Å². The van der Waals surface area contributed by atoms with Crippen molar-refractivity contribution in [1.29, 1.82) is 0 Å². The summed E-state index contributed by atoms with van der Waals surface area (Å²) in [5.41, 5.74) is 1.03. The van der Waals surface area contributed by atoms with Crippen molar-refractivity contribution in [1.82, 2.24) is 15.0 Å². The van der Waals surface area contributed by atoms with Crippen LogP contribution in [0.3, 0.4) is 0 Å². The highest BCUT2D eigenvalue weighted by Crippen LogP contribution is 2.28. The molecule has 2 N–H and O–H groups in total. The summed E-state index contributed by atoms with van der Waals surface area (Å²) in [5.74, 6) is -0.152. The first-order chi connectivity index (χ1) is 15.0. The molecule has 3 aromatic heterocycles. The van der Waals surface area contributed by atoms with Gasteiger partial charge in [0, 0.05) is 37.1 Å². The normalized spacial score (nSPS) is 11.3. The lowest BCUT2D eigenvalue weighted by atomic mass is 10.1. The Labute approximate surface area is 185 Å². The Bertz CT molecular complexity index is 1250. The number of ether oxygens (including phenoxy) is 1. The van der Waals surface area contributed by atoms with E-state index in [0.29, 0.717) is 17.1 Å². The Morgan fingerprint density at radius 2 is 1.84 bits per heavy atom. The number of aromatic nitrogens is 3. The molecule has 0 aliphatic carbocycles. The van der Waals surface area contributed by atoms with E-state index in [2.05, 4.69) is 25.6 Å². The van der Waals surface area contributed by atoms with Gasteiger partial charge in [-0.3, -0.25) is 9.78 Å². The average molecular weight is 460 g/mol. The number of amides is 1. The maximum atomic E-state index is 14.5. The molecule has 0 fully saturated rings. The Morgan fingerprint density at radius 1 is 1.09 bits per heavy atom. The number of carbonyl (C=O) groups is 1. The Kier molecular flexibility index (Phi) is 6.68. The molecule has 0 aliphatic rings. The first kappa shape index (κ1) is 23.1. The van der Waals surface area contributed by atoms with Gasteiger partial charge >= 0.3 is 0 Å². The van der Waals surface area contributed by atoms with E-state index >= 15 is 0 Å². The predicted molar refractivity (Wildman–Crippen MR) is 118 cm³/mol. The molecule has 9 nitrogen and oxygen atoms in total. The quantitative estimate of drug-likeness (QED) is 0.550. The fourth-order valence-corrected chi connectivity index (χ4v) is 3.30. The maximum Gasteiger partial charge on any atom is 0.222 e. The van der Waals surface area contributed by atoms with Gasteiger partial charge in [0.25, 0.3) is 0 Å². The van der Waals surface area contributed by atoms with Crippen molar-refractivity contribution in [2.75, 3.05) is 16.9 Å². The number of rotatable bonds is 7. The summed E-state index contributed by atoms with van der Waals surface area (Å²) in [7, 11) is -3.63. The first-order valence-corrected chi connectivity index (χ1v) is 11.5. The number of nitrogens with zero attached hydrogens (tertiary/aromatic N) is 3. The van der Waals surface area contributed by atoms with E-state index in [1.54, 1.807) is 26.0 Å². The summed E-state index contributed by atoms with van der Waals surface area (Å²) in [6.45, 7) is 4.97. The minimum Gasteiger partial charge on any atom is -0.491 e. The second-order valence-electron chi connectivity index (χ2n) is 7.25. The summed E-state index contributed by atoms with van der Waals surface area (Å²) in [4.78, 5) is 23.4. The molecule has 11 heteroatoms. The summed E-state index contributed by atoms with van der Waals surface area (Å²) in [6, 6.07) is 7.53. The summed E-state index contributed by atoms with van der Waals surface area (Å²) in [5, 5.41) is 5.16. The van der Waals surface area contributed by atoms with Gasteiger partial charge < -0.3 is 15.4 Å². The molecule has 3 heterocycles. The second kappa shape index (κ2) is 9.27. The predicted octanol–water partition coefficient (Wildman–Crippen LogP) is 3.57. The monoisotopic (exact) mass is 459 g/mol. The van der Waals surface area contributed by atoms with E-state index in [4.69, 9.17) is 4.74 Å². The zero-order valence-corrected chi connectivity index (χ0v) is 18.7. The number of pyridine rings is 3. The lowest BCUT2D eigenvalue weighted by molar-refractivity contribution is -0.114. The topological polar surface area (TPSA) is 123 Å². The van der Waals surface area contributed by atoms with E-state index in [1.165, 1.54) is 31.3 Å². The van der Waals surface area contributed by atoms with Crippen LogP contribution in [0.15, 0.2) is 47.8 Å². The maximum absolute atomic E-state index is 14.5. The van der Waals surface area contributed by atoms with E-state index in [1.807, 2.05) is 0 Å². The van der Waals surface area contributed by atoms with Gasteiger partial charge in [0.1, 0.15) is 17.4 Å². The lowest BCUT2D eigenvalue weighted by Crippen LogP contribution is -2.09. The molecule has 1 amide bonds. The smallest absolute Gasteiger partial charge is 0.222 e. The molecule has 0 aliphatic heterocycles. The molecule has 0 bridgehead atoms. The van der Waals surface area contributed by atoms with Crippen LogP contribution in [0.4, 0.5) is 21.7 Å². The largest absolute Gasteiger partial charge is 0.491 e. The van der Waals surface area contributed by atoms with Crippen molar-refractivity contribution in [3.63, 3.8) is 0 Å². The number of anilines is 3. The number of nitrogens with one attached hydrogen (secondary N) is 2. The third kappa shape index (κ3) is 5.97. The number of sulfone groups is 1. The SMILES string of the molecule is CC(=O)Nc1ccc(-c2cc(Nc3cc(OC(C)C)cc(S(C)(=O)=O)n3)c(F)cn2)cn1. The van der Waals surface area contributed by atoms with Crippen molar-refractivity contribution in [3.8, 4) is 17.0 Å². The van der Waals surface area contributed by atoms with Crippen LogP contribution in [0.25, 0.3) is 11.3 Å². The van der Waals surface area contributed by atoms with Crippen molar-refractivity contribution in [2.45, 2.75) is 31.9 Å². The van der Waals surface area contributed by atoms with E-state index in [9.17, 15) is 17.6 Å². The van der Waals surface area contributed by atoms with Gasteiger partial charge in [-0.1, -0.05) is 0 Å².